The molecule has 0 aliphatic heterocycles. The number of esters is 1. The van der Waals surface area contributed by atoms with Crippen LogP contribution in [-0.2, 0) is 48.5 Å². The lowest BCUT2D eigenvalue weighted by molar-refractivity contribution is -0.151. The van der Waals surface area contributed by atoms with Gasteiger partial charge in [-0.15, -0.1) is 0 Å². The maximum atomic E-state index is 13.1. The molecule has 4 rings (SSSR count). The molecule has 11 heteroatoms. The summed E-state index contributed by atoms with van der Waals surface area (Å²) < 4.78 is 34.3. The van der Waals surface area contributed by atoms with Crippen molar-refractivity contribution in [3.63, 3.8) is 0 Å². The van der Waals surface area contributed by atoms with E-state index in [1.807, 2.05) is 36.4 Å². The van der Waals surface area contributed by atoms with E-state index in [1.54, 1.807) is 24.3 Å². The van der Waals surface area contributed by atoms with Crippen molar-refractivity contribution >= 4 is 27.8 Å². The number of hydrogen-bond acceptors (Lipinski definition) is 8. The molecule has 1 saturated carbocycles. The molecular weight excluding hydrogens is 548 g/mol. The first-order valence-corrected chi connectivity index (χ1v) is 14.9. The number of ether oxygens (including phenoxy) is 2. The van der Waals surface area contributed by atoms with Gasteiger partial charge in [0.2, 0.25) is 0 Å². The number of alkyl carbamates (subject to hydrolysis) is 1. The monoisotopic (exact) mass is 580 g/mol. The first-order chi connectivity index (χ1) is 19.6. The lowest BCUT2D eigenvalue weighted by Crippen LogP contribution is -2.55. The first-order valence-electron chi connectivity index (χ1n) is 13.0. The third-order valence-corrected chi connectivity index (χ3v) is 7.82. The van der Waals surface area contributed by atoms with Crippen LogP contribution >= 0.6 is 0 Å². The maximum absolute atomic E-state index is 13.1. The number of amides is 2. The molecule has 3 aromatic carbocycles. The number of aliphatic hydroxyl groups is 1. The van der Waals surface area contributed by atoms with Crippen LogP contribution in [0, 0.1) is 0 Å². The number of benzene rings is 3. The number of carbonyl (C=O) groups excluding carboxylic acids is 3. The summed E-state index contributed by atoms with van der Waals surface area (Å²) in [7, 11) is -3.42. The summed E-state index contributed by atoms with van der Waals surface area (Å²) in [4.78, 5) is 38.6. The molecular formula is C30H32N2O8S. The molecule has 0 radical (unpaired) electrons. The predicted octanol–water partition coefficient (Wildman–Crippen LogP) is 2.68. The third kappa shape index (κ3) is 8.38. The van der Waals surface area contributed by atoms with Gasteiger partial charge < -0.3 is 25.2 Å². The molecule has 3 aromatic rings. The normalized spacial score (nSPS) is 15.2. The molecule has 0 unspecified atom stereocenters. The Hall–Kier alpha value is -4.22. The lowest BCUT2D eigenvalue weighted by Gasteiger charge is -2.25. The summed E-state index contributed by atoms with van der Waals surface area (Å²) in [6.07, 6.45) is -0.853. The summed E-state index contributed by atoms with van der Waals surface area (Å²) in [5.41, 5.74) is 0.852. The second kappa shape index (κ2) is 13.0. The largest absolute Gasteiger partial charge is 0.459 e. The van der Waals surface area contributed by atoms with Gasteiger partial charge in [-0.25, -0.2) is 18.0 Å². The molecule has 2 atom stereocenters. The number of aliphatic hydroxyl groups excluding tert-OH is 1. The summed E-state index contributed by atoms with van der Waals surface area (Å²) in [6.45, 7) is 0.0157. The van der Waals surface area contributed by atoms with Gasteiger partial charge in [0.15, 0.2) is 15.9 Å². The summed E-state index contributed by atoms with van der Waals surface area (Å²) in [5, 5.41) is 16.1. The average molecular weight is 581 g/mol. The van der Waals surface area contributed by atoms with Crippen molar-refractivity contribution in [1.29, 1.82) is 0 Å². The van der Waals surface area contributed by atoms with Crippen LogP contribution in [0.4, 0.5) is 4.79 Å². The lowest BCUT2D eigenvalue weighted by atomic mass is 10.0. The summed E-state index contributed by atoms with van der Waals surface area (Å²) >= 11 is 0. The minimum absolute atomic E-state index is 0.0233. The highest BCUT2D eigenvalue weighted by atomic mass is 32.2. The zero-order valence-corrected chi connectivity index (χ0v) is 23.3. The van der Waals surface area contributed by atoms with Crippen molar-refractivity contribution < 1.29 is 37.4 Å². The van der Waals surface area contributed by atoms with Gasteiger partial charge in [-0.1, -0.05) is 72.8 Å². The molecule has 1 fully saturated rings. The van der Waals surface area contributed by atoms with E-state index in [4.69, 9.17) is 9.47 Å². The Kier molecular flexibility index (Phi) is 9.41. The fraction of sp³-hybridized carbons (Fsp3) is 0.300. The van der Waals surface area contributed by atoms with Crippen molar-refractivity contribution in [3.05, 3.63) is 102 Å². The zero-order chi connectivity index (χ0) is 29.5. The Morgan fingerprint density at radius 2 is 1.37 bits per heavy atom. The minimum atomic E-state index is -3.42. The summed E-state index contributed by atoms with van der Waals surface area (Å²) in [5.74, 6) is -1.47. The van der Waals surface area contributed by atoms with Crippen LogP contribution in [0.5, 0.6) is 0 Å². The van der Waals surface area contributed by atoms with Crippen LogP contribution in [-0.4, -0.2) is 55.4 Å². The van der Waals surface area contributed by atoms with E-state index in [9.17, 15) is 27.9 Å². The first kappa shape index (κ1) is 29.8. The van der Waals surface area contributed by atoms with E-state index in [1.165, 1.54) is 24.3 Å². The van der Waals surface area contributed by atoms with Crippen molar-refractivity contribution in [2.75, 3.05) is 6.26 Å². The highest BCUT2D eigenvalue weighted by molar-refractivity contribution is 7.90. The van der Waals surface area contributed by atoms with Crippen molar-refractivity contribution in [2.24, 2.45) is 0 Å². The number of carbonyl (C=O) groups is 3. The fourth-order valence-corrected chi connectivity index (χ4v) is 4.77. The van der Waals surface area contributed by atoms with Gasteiger partial charge in [-0.3, -0.25) is 4.79 Å². The molecule has 2 amide bonds. The van der Waals surface area contributed by atoms with Gasteiger partial charge in [0.25, 0.3) is 5.91 Å². The molecule has 1 aliphatic carbocycles. The molecule has 3 N–H and O–H groups in total. The van der Waals surface area contributed by atoms with Crippen LogP contribution < -0.4 is 10.6 Å². The van der Waals surface area contributed by atoms with Crippen molar-refractivity contribution in [3.8, 4) is 0 Å². The molecule has 0 heterocycles. The molecule has 216 valence electrons. The van der Waals surface area contributed by atoms with E-state index in [-0.39, 0.29) is 24.5 Å². The Morgan fingerprint density at radius 1 is 0.829 bits per heavy atom. The number of nitrogens with one attached hydrogen (secondary N) is 2. The van der Waals surface area contributed by atoms with Crippen LogP contribution in [0.3, 0.4) is 0 Å². The van der Waals surface area contributed by atoms with Gasteiger partial charge >= 0.3 is 12.1 Å². The second-order valence-electron chi connectivity index (χ2n) is 10.0. The molecule has 0 spiro atoms. The Morgan fingerprint density at radius 3 is 1.88 bits per heavy atom. The van der Waals surface area contributed by atoms with Gasteiger partial charge in [-0.05, 0) is 48.1 Å². The van der Waals surface area contributed by atoms with Crippen LogP contribution in [0.1, 0.15) is 29.5 Å². The van der Waals surface area contributed by atoms with Crippen LogP contribution in [0.15, 0.2) is 89.8 Å². The van der Waals surface area contributed by atoms with Gasteiger partial charge in [0.05, 0.1) is 10.9 Å². The molecule has 0 bridgehead atoms. The highest BCUT2D eigenvalue weighted by Gasteiger charge is 2.53. The second-order valence-corrected chi connectivity index (χ2v) is 12.0. The summed E-state index contributed by atoms with van der Waals surface area (Å²) in [6, 6.07) is 22.8. The van der Waals surface area contributed by atoms with Crippen molar-refractivity contribution in [2.45, 2.75) is 55.1 Å². The number of rotatable bonds is 12. The Balaban J connectivity index is 1.43. The van der Waals surface area contributed by atoms with E-state index in [2.05, 4.69) is 10.6 Å². The zero-order valence-electron chi connectivity index (χ0n) is 22.5. The van der Waals surface area contributed by atoms with Gasteiger partial charge in [-0.2, -0.15) is 0 Å². The number of hydrogen-bond donors (Lipinski definition) is 3. The fourth-order valence-electron chi connectivity index (χ4n) is 4.14. The Labute approximate surface area is 238 Å². The average Bonchev–Trinajstić information content (AvgIpc) is 3.75. The van der Waals surface area contributed by atoms with Crippen LogP contribution in [0.25, 0.3) is 0 Å². The molecule has 0 aromatic heterocycles. The number of sulfone groups is 1. The van der Waals surface area contributed by atoms with E-state index in [0.29, 0.717) is 18.4 Å². The maximum Gasteiger partial charge on any atom is 0.407 e. The SMILES string of the molecule is CS(=O)(=O)c1ccc(C[C@@H](NC(=O)OCc2ccccc2)[C@H](O)C(=O)NC2(C(=O)OCc3ccccc3)CC2)cc1. The van der Waals surface area contributed by atoms with E-state index < -0.39 is 45.5 Å². The minimum Gasteiger partial charge on any atom is -0.459 e. The molecule has 0 saturated heterocycles. The quantitative estimate of drug-likeness (QED) is 0.277. The molecule has 1 aliphatic rings. The van der Waals surface area contributed by atoms with Crippen molar-refractivity contribution in [1.82, 2.24) is 10.6 Å². The van der Waals surface area contributed by atoms with Crippen LogP contribution in [0.2, 0.25) is 0 Å². The van der Waals surface area contributed by atoms with E-state index in [0.717, 1.165) is 17.4 Å². The standard InChI is InChI=1S/C30H32N2O8S/c1-41(37,38)24-14-12-21(13-15-24)18-25(31-29(36)40-20-23-10-6-3-7-11-23)26(33)27(34)32-30(16-17-30)28(35)39-19-22-8-4-2-5-9-22/h2-15,25-26,33H,16-20H2,1H3,(H,31,36)(H,32,34)/t25-,26+/m1/s1. The Bertz CT molecular complexity index is 1460. The van der Waals surface area contributed by atoms with E-state index >= 15 is 0 Å². The highest BCUT2D eigenvalue weighted by Crippen LogP contribution is 2.37. The predicted molar refractivity (Wildman–Crippen MR) is 149 cm³/mol. The topological polar surface area (TPSA) is 148 Å². The smallest absolute Gasteiger partial charge is 0.407 e. The van der Waals surface area contributed by atoms with Gasteiger partial charge in [0, 0.05) is 6.26 Å². The molecule has 41 heavy (non-hydrogen) atoms. The van der Waals surface area contributed by atoms with Gasteiger partial charge in [0.1, 0.15) is 18.8 Å². The third-order valence-electron chi connectivity index (χ3n) is 6.69. The molecule has 10 nitrogen and oxygen atoms in total.